The molecule has 0 aromatic rings. The third kappa shape index (κ3) is 2.95. The van der Waals surface area contributed by atoms with Gasteiger partial charge >= 0.3 is 5.97 Å². The molecule has 7 atom stereocenters. The molecular formula is C24H37NO4. The van der Waals surface area contributed by atoms with Gasteiger partial charge in [-0.15, -0.1) is 0 Å². The number of allylic oxidation sites excluding steroid dienone is 1. The minimum Gasteiger partial charge on any atom is -0.462 e. The molecule has 0 bridgehead atoms. The topological polar surface area (TPSA) is 70.8 Å². The van der Waals surface area contributed by atoms with E-state index >= 15 is 0 Å². The van der Waals surface area contributed by atoms with Crippen LogP contribution in [0.5, 0.6) is 0 Å². The summed E-state index contributed by atoms with van der Waals surface area (Å²) in [5.74, 6) is 1.54. The Kier molecular flexibility index (Phi) is 4.69. The molecule has 0 aromatic heterocycles. The number of carbonyl (C=O) groups excluding carboxylic acids is 1. The third-order valence-corrected chi connectivity index (χ3v) is 9.48. The number of rotatable bonds is 2. The minimum absolute atomic E-state index is 0.0630. The Labute approximate surface area is 174 Å². The molecule has 3 saturated carbocycles. The Morgan fingerprint density at radius 1 is 1.10 bits per heavy atom. The largest absolute Gasteiger partial charge is 0.462 e. The van der Waals surface area contributed by atoms with Crippen molar-refractivity contribution in [3.63, 3.8) is 0 Å². The van der Waals surface area contributed by atoms with E-state index in [1.54, 1.807) is 0 Å². The van der Waals surface area contributed by atoms with Crippen LogP contribution in [0.1, 0.15) is 72.1 Å². The van der Waals surface area contributed by atoms with E-state index in [-0.39, 0.29) is 23.0 Å². The summed E-state index contributed by atoms with van der Waals surface area (Å²) in [6.07, 6.45) is 11.3. The molecule has 5 rings (SSSR count). The number of ether oxygens (including phenoxy) is 3. The molecule has 4 aliphatic carbocycles. The molecule has 5 aliphatic rings. The summed E-state index contributed by atoms with van der Waals surface area (Å²) in [6, 6.07) is 0. The van der Waals surface area contributed by atoms with Crippen molar-refractivity contribution in [2.24, 2.45) is 34.8 Å². The molecule has 0 aromatic carbocycles. The van der Waals surface area contributed by atoms with Crippen LogP contribution in [0.4, 0.5) is 0 Å². The highest BCUT2D eigenvalue weighted by molar-refractivity contribution is 5.66. The molecule has 1 saturated heterocycles. The van der Waals surface area contributed by atoms with Crippen LogP contribution in [0.25, 0.3) is 0 Å². The van der Waals surface area contributed by atoms with E-state index < -0.39 is 5.79 Å². The Balaban J connectivity index is 1.39. The van der Waals surface area contributed by atoms with Crippen LogP contribution in [0, 0.1) is 29.1 Å². The average Bonchev–Trinajstić information content (AvgIpc) is 3.25. The van der Waals surface area contributed by atoms with Crippen molar-refractivity contribution in [2.75, 3.05) is 13.2 Å². The molecule has 2 N–H and O–H groups in total. The maximum atomic E-state index is 11.4. The normalized spacial score (nSPS) is 48.3. The highest BCUT2D eigenvalue weighted by Crippen LogP contribution is 2.64. The van der Waals surface area contributed by atoms with E-state index in [4.69, 9.17) is 19.9 Å². The zero-order valence-electron chi connectivity index (χ0n) is 18.2. The molecule has 0 radical (unpaired) electrons. The van der Waals surface area contributed by atoms with Gasteiger partial charge in [-0.25, -0.2) is 0 Å². The number of hydrogen-bond acceptors (Lipinski definition) is 5. The maximum absolute atomic E-state index is 11.4. The lowest BCUT2D eigenvalue weighted by Crippen LogP contribution is -2.62. The Hall–Kier alpha value is -0.910. The lowest BCUT2D eigenvalue weighted by Gasteiger charge is -2.58. The summed E-state index contributed by atoms with van der Waals surface area (Å²) in [6.45, 7) is 7.49. The van der Waals surface area contributed by atoms with E-state index in [2.05, 4.69) is 19.9 Å². The SMILES string of the molecule is CC(=O)O[C@H]1CC[C@@]2(C)C(=CC[C@H]3[C@@H]4CC[C@H](C5(C)OCCO5)[C@@]4(N)CC[C@@H]32)C1. The predicted molar refractivity (Wildman–Crippen MR) is 110 cm³/mol. The minimum atomic E-state index is -0.502. The fourth-order valence-corrected chi connectivity index (χ4v) is 8.17. The molecule has 4 fully saturated rings. The Morgan fingerprint density at radius 2 is 1.86 bits per heavy atom. The standard InChI is InChI=1S/C24H37NO4/c1-15(26)29-17-8-10-22(2)16(14-17)4-5-18-19(22)9-11-24(25)20(18)6-7-21(24)23(3)27-12-13-28-23/h4,17-21H,5-14,25H2,1-3H3/t17-,18+,19-,20-,21+,22-,24+/m0/s1. The highest BCUT2D eigenvalue weighted by atomic mass is 16.7. The first-order valence-electron chi connectivity index (χ1n) is 11.7. The fraction of sp³-hybridized carbons (Fsp3) is 0.875. The molecular weight excluding hydrogens is 366 g/mol. The van der Waals surface area contributed by atoms with Gasteiger partial charge in [0.25, 0.3) is 0 Å². The number of fused-ring (bicyclic) bond motifs is 5. The number of carbonyl (C=O) groups is 1. The van der Waals surface area contributed by atoms with E-state index in [1.807, 2.05) is 0 Å². The average molecular weight is 404 g/mol. The van der Waals surface area contributed by atoms with Crippen molar-refractivity contribution in [3.05, 3.63) is 11.6 Å². The number of esters is 1. The molecule has 1 heterocycles. The fourth-order valence-electron chi connectivity index (χ4n) is 8.17. The van der Waals surface area contributed by atoms with E-state index in [9.17, 15) is 4.79 Å². The monoisotopic (exact) mass is 403 g/mol. The number of nitrogens with two attached hydrogens (primary N) is 1. The lowest BCUT2D eigenvalue weighted by molar-refractivity contribution is -0.200. The summed E-state index contributed by atoms with van der Waals surface area (Å²) >= 11 is 0. The van der Waals surface area contributed by atoms with Gasteiger partial charge in [0.15, 0.2) is 5.79 Å². The first-order chi connectivity index (χ1) is 13.8. The number of hydrogen-bond donors (Lipinski definition) is 1. The highest BCUT2D eigenvalue weighted by Gasteiger charge is 2.63. The molecule has 162 valence electrons. The van der Waals surface area contributed by atoms with Gasteiger partial charge in [0.2, 0.25) is 0 Å². The summed E-state index contributed by atoms with van der Waals surface area (Å²) in [5.41, 5.74) is 8.83. The summed E-state index contributed by atoms with van der Waals surface area (Å²) in [5, 5.41) is 0. The Bertz CT molecular complexity index is 714. The van der Waals surface area contributed by atoms with Crippen LogP contribution in [0.2, 0.25) is 0 Å². The second kappa shape index (κ2) is 6.80. The van der Waals surface area contributed by atoms with Gasteiger partial charge in [-0.3, -0.25) is 4.79 Å². The smallest absolute Gasteiger partial charge is 0.302 e. The van der Waals surface area contributed by atoms with Crippen molar-refractivity contribution in [3.8, 4) is 0 Å². The van der Waals surface area contributed by atoms with Crippen molar-refractivity contribution >= 4 is 5.97 Å². The first-order valence-corrected chi connectivity index (χ1v) is 11.7. The van der Waals surface area contributed by atoms with Crippen LogP contribution in [-0.2, 0) is 19.0 Å². The van der Waals surface area contributed by atoms with E-state index in [0.717, 1.165) is 38.5 Å². The van der Waals surface area contributed by atoms with Crippen molar-refractivity contribution in [1.29, 1.82) is 0 Å². The van der Waals surface area contributed by atoms with Crippen molar-refractivity contribution < 1.29 is 19.0 Å². The lowest BCUT2D eigenvalue weighted by atomic mass is 9.48. The molecule has 0 amide bonds. The van der Waals surface area contributed by atoms with Gasteiger partial charge in [-0.05, 0) is 75.0 Å². The quantitative estimate of drug-likeness (QED) is 0.558. The molecule has 1 aliphatic heterocycles. The van der Waals surface area contributed by atoms with Gasteiger partial charge in [0.1, 0.15) is 6.10 Å². The van der Waals surface area contributed by atoms with Crippen LogP contribution >= 0.6 is 0 Å². The third-order valence-electron chi connectivity index (χ3n) is 9.48. The van der Waals surface area contributed by atoms with Gasteiger partial charge in [-0.2, -0.15) is 0 Å². The summed E-state index contributed by atoms with van der Waals surface area (Å²) in [7, 11) is 0. The maximum Gasteiger partial charge on any atom is 0.302 e. The van der Waals surface area contributed by atoms with Crippen LogP contribution < -0.4 is 5.73 Å². The van der Waals surface area contributed by atoms with E-state index in [0.29, 0.717) is 36.9 Å². The van der Waals surface area contributed by atoms with Crippen LogP contribution in [-0.4, -0.2) is 36.6 Å². The zero-order chi connectivity index (χ0) is 20.4. The summed E-state index contributed by atoms with van der Waals surface area (Å²) < 4.78 is 17.7. The zero-order valence-corrected chi connectivity index (χ0v) is 18.2. The van der Waals surface area contributed by atoms with Gasteiger partial charge < -0.3 is 19.9 Å². The van der Waals surface area contributed by atoms with Crippen molar-refractivity contribution in [2.45, 2.75) is 89.6 Å². The second-order valence-electron chi connectivity index (χ2n) is 10.7. The molecule has 0 unspecified atom stereocenters. The van der Waals surface area contributed by atoms with Gasteiger partial charge in [0.05, 0.1) is 13.2 Å². The van der Waals surface area contributed by atoms with E-state index in [1.165, 1.54) is 25.3 Å². The van der Waals surface area contributed by atoms with Crippen LogP contribution in [0.3, 0.4) is 0 Å². The first kappa shape index (κ1) is 20.0. The molecule has 5 heteroatoms. The van der Waals surface area contributed by atoms with Crippen molar-refractivity contribution in [1.82, 2.24) is 0 Å². The predicted octanol–water partition coefficient (Wildman–Crippen LogP) is 3.95. The molecule has 29 heavy (non-hydrogen) atoms. The summed E-state index contributed by atoms with van der Waals surface area (Å²) in [4.78, 5) is 11.4. The molecule has 0 spiro atoms. The molecule has 5 nitrogen and oxygen atoms in total. The second-order valence-corrected chi connectivity index (χ2v) is 10.7. The van der Waals surface area contributed by atoms with Crippen LogP contribution in [0.15, 0.2) is 11.6 Å². The Morgan fingerprint density at radius 3 is 2.59 bits per heavy atom. The van der Waals surface area contributed by atoms with Gasteiger partial charge in [-0.1, -0.05) is 18.6 Å². The van der Waals surface area contributed by atoms with Gasteiger partial charge in [0, 0.05) is 24.8 Å².